The Bertz CT molecular complexity index is 952. The van der Waals surface area contributed by atoms with E-state index in [0.717, 1.165) is 5.56 Å². The van der Waals surface area contributed by atoms with Crippen molar-refractivity contribution in [1.82, 2.24) is 4.98 Å². The van der Waals surface area contributed by atoms with Gasteiger partial charge in [0.25, 0.3) is 5.91 Å². The summed E-state index contributed by atoms with van der Waals surface area (Å²) in [6.45, 7) is 2.26. The van der Waals surface area contributed by atoms with E-state index in [1.54, 1.807) is 37.3 Å². The van der Waals surface area contributed by atoms with Crippen molar-refractivity contribution < 1.29 is 18.7 Å². The van der Waals surface area contributed by atoms with Crippen molar-refractivity contribution in [2.24, 2.45) is 0 Å². The number of aryl methyl sites for hydroxylation is 1. The molecule has 0 fully saturated rings. The number of benzene rings is 1. The highest BCUT2D eigenvalue weighted by Gasteiger charge is 2.11. The molecule has 0 atom stereocenters. The summed E-state index contributed by atoms with van der Waals surface area (Å²) < 4.78 is 9.80. The normalized spacial score (nSPS) is 10.3. The molecular weight excluding hydrogens is 346 g/mol. The third kappa shape index (κ3) is 4.52. The number of pyridine rings is 1. The van der Waals surface area contributed by atoms with Gasteiger partial charge in [-0.15, -0.1) is 0 Å². The summed E-state index contributed by atoms with van der Waals surface area (Å²) in [6.07, 6.45) is 1.45. The number of anilines is 2. The van der Waals surface area contributed by atoms with E-state index >= 15 is 0 Å². The van der Waals surface area contributed by atoms with Crippen LogP contribution in [0.25, 0.3) is 0 Å². The van der Waals surface area contributed by atoms with Crippen LogP contribution in [0.3, 0.4) is 0 Å². The quantitative estimate of drug-likeness (QED) is 0.648. The molecule has 0 radical (unpaired) electrons. The smallest absolute Gasteiger partial charge is 0.339 e. The van der Waals surface area contributed by atoms with Crippen LogP contribution >= 0.6 is 0 Å². The Labute approximate surface area is 156 Å². The highest BCUT2D eigenvalue weighted by atomic mass is 16.5. The number of amides is 1. The fourth-order valence-electron chi connectivity index (χ4n) is 2.54. The van der Waals surface area contributed by atoms with Crippen LogP contribution in [0.5, 0.6) is 0 Å². The number of nitrogens with one attached hydrogen (secondary N) is 2. The predicted molar refractivity (Wildman–Crippen MR) is 101 cm³/mol. The Hall–Kier alpha value is -3.61. The molecule has 2 N–H and O–H groups in total. The molecule has 2 aromatic heterocycles. The zero-order valence-corrected chi connectivity index (χ0v) is 15.0. The predicted octanol–water partition coefficient (Wildman–Crippen LogP) is 3.63. The molecule has 0 bridgehead atoms. The van der Waals surface area contributed by atoms with Crippen LogP contribution in [0.1, 0.15) is 32.2 Å². The lowest BCUT2D eigenvalue weighted by Crippen LogP contribution is -2.11. The molecule has 27 heavy (non-hydrogen) atoms. The van der Waals surface area contributed by atoms with E-state index in [1.807, 2.05) is 18.2 Å². The molecule has 0 aliphatic carbocycles. The van der Waals surface area contributed by atoms with E-state index in [1.165, 1.54) is 13.4 Å². The van der Waals surface area contributed by atoms with Crippen LogP contribution in [0.15, 0.2) is 59.2 Å². The lowest BCUT2D eigenvalue weighted by atomic mass is 10.2. The molecule has 138 valence electrons. The van der Waals surface area contributed by atoms with Crippen LogP contribution in [-0.4, -0.2) is 24.0 Å². The van der Waals surface area contributed by atoms with Gasteiger partial charge in [0, 0.05) is 12.2 Å². The summed E-state index contributed by atoms with van der Waals surface area (Å²) >= 11 is 0. The number of furan rings is 1. The van der Waals surface area contributed by atoms with Gasteiger partial charge in [-0.2, -0.15) is 0 Å². The highest BCUT2D eigenvalue weighted by Crippen LogP contribution is 2.16. The minimum absolute atomic E-state index is 0.254. The number of rotatable bonds is 6. The first-order chi connectivity index (χ1) is 13.1. The highest BCUT2D eigenvalue weighted by molar-refractivity contribution is 6.02. The van der Waals surface area contributed by atoms with Crippen molar-refractivity contribution in [3.8, 4) is 0 Å². The zero-order chi connectivity index (χ0) is 19.2. The standard InChI is InChI=1S/C20H19N3O4/c1-13-16(20(25)26-2)8-9-18(22-13)21-12-14-5-3-6-15(11-14)23-19(24)17-7-4-10-27-17/h3-11H,12H2,1-2H3,(H,21,22)(H,23,24). The van der Waals surface area contributed by atoms with Crippen LogP contribution in [0, 0.1) is 6.92 Å². The average molecular weight is 365 g/mol. The molecule has 3 aromatic rings. The zero-order valence-electron chi connectivity index (χ0n) is 15.0. The number of hydrogen-bond acceptors (Lipinski definition) is 6. The fourth-order valence-corrected chi connectivity index (χ4v) is 2.54. The number of carbonyl (C=O) groups is 2. The van der Waals surface area contributed by atoms with E-state index < -0.39 is 5.97 Å². The van der Waals surface area contributed by atoms with Crippen molar-refractivity contribution >= 4 is 23.4 Å². The van der Waals surface area contributed by atoms with Gasteiger partial charge in [-0.1, -0.05) is 12.1 Å². The Balaban J connectivity index is 1.64. The molecule has 0 saturated heterocycles. The monoisotopic (exact) mass is 365 g/mol. The first kappa shape index (κ1) is 18.2. The number of nitrogens with zero attached hydrogens (tertiary/aromatic N) is 1. The second-order valence-electron chi connectivity index (χ2n) is 5.81. The molecule has 7 nitrogen and oxygen atoms in total. The minimum atomic E-state index is -0.411. The van der Waals surface area contributed by atoms with Crippen LogP contribution in [0.4, 0.5) is 11.5 Å². The first-order valence-electron chi connectivity index (χ1n) is 8.30. The second kappa shape index (κ2) is 8.18. The van der Waals surface area contributed by atoms with Gasteiger partial charge < -0.3 is 19.8 Å². The van der Waals surface area contributed by atoms with Crippen LogP contribution in [-0.2, 0) is 11.3 Å². The van der Waals surface area contributed by atoms with Crippen molar-refractivity contribution in [1.29, 1.82) is 0 Å². The van der Waals surface area contributed by atoms with Crippen molar-refractivity contribution in [3.05, 3.63) is 77.4 Å². The number of aromatic nitrogens is 1. The van der Waals surface area contributed by atoms with Crippen LogP contribution < -0.4 is 10.6 Å². The summed E-state index contributed by atoms with van der Waals surface area (Å²) in [5.74, 6) is 0.182. The fraction of sp³-hybridized carbons (Fsp3) is 0.150. The van der Waals surface area contributed by atoms with Gasteiger partial charge in [-0.05, 0) is 48.9 Å². The van der Waals surface area contributed by atoms with Crippen molar-refractivity contribution in [2.75, 3.05) is 17.7 Å². The van der Waals surface area contributed by atoms with E-state index in [4.69, 9.17) is 9.15 Å². The molecule has 1 amide bonds. The lowest BCUT2D eigenvalue weighted by molar-refractivity contribution is 0.0599. The van der Waals surface area contributed by atoms with Gasteiger partial charge in [0.05, 0.1) is 24.6 Å². The Morgan fingerprint density at radius 2 is 2.00 bits per heavy atom. The molecule has 0 saturated carbocycles. The largest absolute Gasteiger partial charge is 0.465 e. The van der Waals surface area contributed by atoms with Crippen LogP contribution in [0.2, 0.25) is 0 Å². The third-order valence-corrected chi connectivity index (χ3v) is 3.89. The van der Waals surface area contributed by atoms with Gasteiger partial charge in [0.15, 0.2) is 5.76 Å². The first-order valence-corrected chi connectivity index (χ1v) is 8.30. The maximum absolute atomic E-state index is 12.0. The van der Waals surface area contributed by atoms with E-state index in [-0.39, 0.29) is 11.7 Å². The summed E-state index contributed by atoms with van der Waals surface area (Å²) in [7, 11) is 1.34. The summed E-state index contributed by atoms with van der Waals surface area (Å²) in [4.78, 5) is 28.0. The number of hydrogen-bond donors (Lipinski definition) is 2. The van der Waals surface area contributed by atoms with E-state index in [0.29, 0.717) is 29.3 Å². The molecule has 3 rings (SSSR count). The SMILES string of the molecule is COC(=O)c1ccc(NCc2cccc(NC(=O)c3ccco3)c2)nc1C. The Morgan fingerprint density at radius 3 is 2.70 bits per heavy atom. The van der Waals surface area contributed by atoms with E-state index in [2.05, 4.69) is 15.6 Å². The number of methoxy groups -OCH3 is 1. The number of esters is 1. The lowest BCUT2D eigenvalue weighted by Gasteiger charge is -2.10. The molecule has 0 spiro atoms. The molecule has 0 aliphatic heterocycles. The molecule has 7 heteroatoms. The molecule has 0 aliphatic rings. The maximum Gasteiger partial charge on any atom is 0.339 e. The van der Waals surface area contributed by atoms with Gasteiger partial charge in [0.1, 0.15) is 5.82 Å². The molecule has 1 aromatic carbocycles. The topological polar surface area (TPSA) is 93.5 Å². The molecule has 0 unspecified atom stereocenters. The number of carbonyl (C=O) groups excluding carboxylic acids is 2. The average Bonchev–Trinajstić information content (AvgIpc) is 3.21. The molecular formula is C20H19N3O4. The minimum Gasteiger partial charge on any atom is -0.465 e. The van der Waals surface area contributed by atoms with Gasteiger partial charge in [-0.25, -0.2) is 9.78 Å². The van der Waals surface area contributed by atoms with Gasteiger partial charge in [-0.3, -0.25) is 4.79 Å². The summed E-state index contributed by atoms with van der Waals surface area (Å²) in [5, 5.41) is 5.99. The summed E-state index contributed by atoms with van der Waals surface area (Å²) in [6, 6.07) is 14.1. The second-order valence-corrected chi connectivity index (χ2v) is 5.81. The Kier molecular flexibility index (Phi) is 5.51. The maximum atomic E-state index is 12.0. The summed E-state index contributed by atoms with van der Waals surface area (Å²) in [5.41, 5.74) is 2.65. The van der Waals surface area contributed by atoms with E-state index in [9.17, 15) is 9.59 Å². The number of ether oxygens (including phenoxy) is 1. The van der Waals surface area contributed by atoms with Crippen molar-refractivity contribution in [3.63, 3.8) is 0 Å². The third-order valence-electron chi connectivity index (χ3n) is 3.89. The van der Waals surface area contributed by atoms with Crippen molar-refractivity contribution in [2.45, 2.75) is 13.5 Å². The Morgan fingerprint density at radius 1 is 1.15 bits per heavy atom. The van der Waals surface area contributed by atoms with Gasteiger partial charge >= 0.3 is 5.97 Å². The molecule has 2 heterocycles. The van der Waals surface area contributed by atoms with Gasteiger partial charge in [0.2, 0.25) is 0 Å².